The van der Waals surface area contributed by atoms with Gasteiger partial charge in [-0.25, -0.2) is 9.97 Å². The third-order valence-corrected chi connectivity index (χ3v) is 5.21. The summed E-state index contributed by atoms with van der Waals surface area (Å²) in [5.74, 6) is 1.53. The van der Waals surface area contributed by atoms with Gasteiger partial charge in [0.05, 0.1) is 24.0 Å². The first kappa shape index (κ1) is 17.6. The zero-order valence-corrected chi connectivity index (χ0v) is 15.9. The van der Waals surface area contributed by atoms with E-state index in [0.29, 0.717) is 29.1 Å². The van der Waals surface area contributed by atoms with Crippen LogP contribution in [-0.2, 0) is 4.74 Å². The third-order valence-electron chi connectivity index (χ3n) is 5.21. The van der Waals surface area contributed by atoms with Crippen molar-refractivity contribution in [1.29, 1.82) is 0 Å². The maximum atomic E-state index is 6.12. The molecule has 1 saturated heterocycles. The first-order valence-electron chi connectivity index (χ1n) is 9.67. The number of ether oxygens (including phenoxy) is 1. The van der Waals surface area contributed by atoms with Gasteiger partial charge in [0, 0.05) is 42.3 Å². The first-order chi connectivity index (χ1) is 14.3. The van der Waals surface area contributed by atoms with Crippen molar-refractivity contribution in [2.75, 3.05) is 18.9 Å². The van der Waals surface area contributed by atoms with Crippen LogP contribution in [0.15, 0.2) is 65.6 Å². The molecule has 1 fully saturated rings. The maximum absolute atomic E-state index is 6.12. The Bertz CT molecular complexity index is 1110. The number of nitrogens with zero attached hydrogens (tertiary/aromatic N) is 4. The van der Waals surface area contributed by atoms with E-state index < -0.39 is 0 Å². The number of nitrogen functional groups attached to an aromatic ring is 1. The Labute approximate surface area is 168 Å². The van der Waals surface area contributed by atoms with E-state index in [-0.39, 0.29) is 0 Å². The van der Waals surface area contributed by atoms with E-state index in [1.54, 1.807) is 12.4 Å². The highest BCUT2D eigenvalue weighted by atomic mass is 16.5. The van der Waals surface area contributed by atoms with E-state index in [4.69, 9.17) is 14.9 Å². The minimum absolute atomic E-state index is 0.374. The summed E-state index contributed by atoms with van der Waals surface area (Å²) in [5, 5.41) is 4.55. The Hall–Kier alpha value is -3.45. The fourth-order valence-corrected chi connectivity index (χ4v) is 3.58. The quantitative estimate of drug-likeness (QED) is 0.564. The molecule has 29 heavy (non-hydrogen) atoms. The van der Waals surface area contributed by atoms with Crippen molar-refractivity contribution in [2.24, 2.45) is 0 Å². The summed E-state index contributed by atoms with van der Waals surface area (Å²) in [4.78, 5) is 8.77. The van der Waals surface area contributed by atoms with Crippen molar-refractivity contribution < 1.29 is 9.15 Å². The predicted molar refractivity (Wildman–Crippen MR) is 110 cm³/mol. The van der Waals surface area contributed by atoms with Crippen LogP contribution in [-0.4, -0.2) is 33.0 Å². The molecule has 0 saturated carbocycles. The summed E-state index contributed by atoms with van der Waals surface area (Å²) in [6.07, 6.45) is 9.33. The average Bonchev–Trinajstić information content (AvgIpc) is 3.46. The van der Waals surface area contributed by atoms with Crippen LogP contribution in [0.3, 0.4) is 0 Å². The molecule has 1 aromatic carbocycles. The molecule has 2 N–H and O–H groups in total. The number of oxazole rings is 1. The van der Waals surface area contributed by atoms with Gasteiger partial charge in [-0.15, -0.1) is 0 Å². The molecule has 0 aliphatic carbocycles. The zero-order valence-electron chi connectivity index (χ0n) is 15.9. The van der Waals surface area contributed by atoms with Crippen LogP contribution < -0.4 is 5.73 Å². The molecule has 146 valence electrons. The second-order valence-corrected chi connectivity index (χ2v) is 7.11. The number of pyridine rings is 1. The summed E-state index contributed by atoms with van der Waals surface area (Å²) in [5.41, 5.74) is 9.67. The van der Waals surface area contributed by atoms with Crippen LogP contribution in [0.4, 0.5) is 5.82 Å². The average molecular weight is 387 g/mol. The highest BCUT2D eigenvalue weighted by molar-refractivity contribution is 5.75. The first-order valence-corrected chi connectivity index (χ1v) is 9.67. The van der Waals surface area contributed by atoms with E-state index in [1.807, 2.05) is 47.3 Å². The molecular formula is C22H21N5O2. The van der Waals surface area contributed by atoms with Gasteiger partial charge in [-0.05, 0) is 18.9 Å². The van der Waals surface area contributed by atoms with Crippen molar-refractivity contribution in [1.82, 2.24) is 19.7 Å². The molecule has 3 aromatic heterocycles. The molecule has 0 atom stereocenters. The Balaban J connectivity index is 1.45. The molecule has 0 amide bonds. The standard InChI is InChI=1S/C22H21N5O2/c23-21-19(22-25-13-20(29-22)15-4-2-1-3-5-15)10-16(11-24-21)17-12-26-27(14-17)18-6-8-28-9-7-18/h1-5,10-14,18H,6-9H2,(H2,23,24). The van der Waals surface area contributed by atoms with E-state index in [1.165, 1.54) is 0 Å². The lowest BCUT2D eigenvalue weighted by molar-refractivity contribution is 0.0662. The second kappa shape index (κ2) is 7.52. The molecule has 1 aliphatic rings. The fraction of sp³-hybridized carbons (Fsp3) is 0.227. The third kappa shape index (κ3) is 3.52. The molecule has 0 spiro atoms. The van der Waals surface area contributed by atoms with Crippen LogP contribution >= 0.6 is 0 Å². The zero-order chi connectivity index (χ0) is 19.6. The molecule has 0 bridgehead atoms. The van der Waals surface area contributed by atoms with Gasteiger partial charge in [0.2, 0.25) is 5.89 Å². The molecule has 0 radical (unpaired) electrons. The molecule has 1 aliphatic heterocycles. The minimum atomic E-state index is 0.374. The van der Waals surface area contributed by atoms with Gasteiger partial charge in [0.25, 0.3) is 0 Å². The highest BCUT2D eigenvalue weighted by Gasteiger charge is 2.18. The van der Waals surface area contributed by atoms with Crippen molar-refractivity contribution >= 4 is 5.82 Å². The van der Waals surface area contributed by atoms with Gasteiger partial charge < -0.3 is 14.9 Å². The smallest absolute Gasteiger partial charge is 0.230 e. The molecular weight excluding hydrogens is 366 g/mol. The SMILES string of the molecule is Nc1ncc(-c2cnn(C3CCOCC3)c2)cc1-c1ncc(-c2ccccc2)o1. The van der Waals surface area contributed by atoms with Crippen LogP contribution in [0.25, 0.3) is 33.9 Å². The van der Waals surface area contributed by atoms with E-state index >= 15 is 0 Å². The molecule has 0 unspecified atom stereocenters. The topological polar surface area (TPSA) is 92.0 Å². The summed E-state index contributed by atoms with van der Waals surface area (Å²) in [6, 6.07) is 12.2. The number of benzene rings is 1. The van der Waals surface area contributed by atoms with Crippen molar-refractivity contribution in [3.63, 3.8) is 0 Å². The molecule has 5 rings (SSSR count). The summed E-state index contributed by atoms with van der Waals surface area (Å²) < 4.78 is 13.4. The number of hydrogen-bond donors (Lipinski definition) is 1. The Morgan fingerprint density at radius 1 is 0.931 bits per heavy atom. The Morgan fingerprint density at radius 2 is 1.76 bits per heavy atom. The number of hydrogen-bond acceptors (Lipinski definition) is 6. The highest BCUT2D eigenvalue weighted by Crippen LogP contribution is 2.32. The Morgan fingerprint density at radius 3 is 2.59 bits per heavy atom. The lowest BCUT2D eigenvalue weighted by atomic mass is 10.1. The van der Waals surface area contributed by atoms with Gasteiger partial charge >= 0.3 is 0 Å². The van der Waals surface area contributed by atoms with Gasteiger partial charge in [-0.3, -0.25) is 4.68 Å². The lowest BCUT2D eigenvalue weighted by Gasteiger charge is -2.22. The van der Waals surface area contributed by atoms with Crippen LogP contribution in [0, 0.1) is 0 Å². The Kier molecular flexibility index (Phi) is 4.57. The van der Waals surface area contributed by atoms with Crippen LogP contribution in [0.2, 0.25) is 0 Å². The van der Waals surface area contributed by atoms with Crippen LogP contribution in [0.1, 0.15) is 18.9 Å². The number of anilines is 1. The number of aromatic nitrogens is 4. The van der Waals surface area contributed by atoms with Gasteiger partial charge in [0.15, 0.2) is 5.76 Å². The van der Waals surface area contributed by atoms with Crippen molar-refractivity contribution in [3.05, 3.63) is 61.2 Å². The monoisotopic (exact) mass is 387 g/mol. The van der Waals surface area contributed by atoms with Gasteiger partial charge in [-0.1, -0.05) is 30.3 Å². The van der Waals surface area contributed by atoms with Crippen LogP contribution in [0.5, 0.6) is 0 Å². The summed E-state index contributed by atoms with van der Waals surface area (Å²) >= 11 is 0. The fourth-order valence-electron chi connectivity index (χ4n) is 3.58. The van der Waals surface area contributed by atoms with E-state index in [9.17, 15) is 0 Å². The summed E-state index contributed by atoms with van der Waals surface area (Å²) in [7, 11) is 0. The molecule has 4 aromatic rings. The largest absolute Gasteiger partial charge is 0.436 e. The van der Waals surface area contributed by atoms with E-state index in [0.717, 1.165) is 42.7 Å². The van der Waals surface area contributed by atoms with Crippen molar-refractivity contribution in [2.45, 2.75) is 18.9 Å². The minimum Gasteiger partial charge on any atom is -0.436 e. The lowest BCUT2D eigenvalue weighted by Crippen LogP contribution is -2.19. The maximum Gasteiger partial charge on any atom is 0.230 e. The number of nitrogens with two attached hydrogens (primary N) is 1. The molecule has 7 heteroatoms. The molecule has 7 nitrogen and oxygen atoms in total. The van der Waals surface area contributed by atoms with E-state index in [2.05, 4.69) is 21.3 Å². The predicted octanol–water partition coefficient (Wildman–Crippen LogP) is 4.20. The normalized spacial score (nSPS) is 14.9. The number of rotatable bonds is 4. The van der Waals surface area contributed by atoms with Gasteiger partial charge in [0.1, 0.15) is 5.82 Å². The second-order valence-electron chi connectivity index (χ2n) is 7.11. The molecule has 4 heterocycles. The van der Waals surface area contributed by atoms with Gasteiger partial charge in [-0.2, -0.15) is 5.10 Å². The van der Waals surface area contributed by atoms with Crippen molar-refractivity contribution in [3.8, 4) is 33.9 Å². The summed E-state index contributed by atoms with van der Waals surface area (Å²) in [6.45, 7) is 1.56.